The van der Waals surface area contributed by atoms with Crippen LogP contribution in [-0.2, 0) is 13.0 Å². The van der Waals surface area contributed by atoms with E-state index in [4.69, 9.17) is 14.5 Å². The van der Waals surface area contributed by atoms with Crippen LogP contribution >= 0.6 is 0 Å². The van der Waals surface area contributed by atoms with Crippen molar-refractivity contribution < 1.29 is 9.26 Å². The van der Waals surface area contributed by atoms with Gasteiger partial charge in [-0.3, -0.25) is 0 Å². The lowest BCUT2D eigenvalue weighted by molar-refractivity contribution is 0.372. The average Bonchev–Trinajstić information content (AvgIpc) is 2.89. The van der Waals surface area contributed by atoms with Crippen LogP contribution in [0.3, 0.4) is 0 Å². The minimum atomic E-state index is 0.539. The highest BCUT2D eigenvalue weighted by Crippen LogP contribution is 2.18. The van der Waals surface area contributed by atoms with Crippen LogP contribution in [0.25, 0.3) is 0 Å². The molecule has 0 unspecified atom stereocenters. The number of nitriles is 1. The summed E-state index contributed by atoms with van der Waals surface area (Å²) in [6.45, 7) is 3.22. The zero-order chi connectivity index (χ0) is 14.4. The molecule has 6 heteroatoms. The summed E-state index contributed by atoms with van der Waals surface area (Å²) in [4.78, 5) is 4.13. The van der Waals surface area contributed by atoms with Crippen molar-refractivity contribution in [1.29, 1.82) is 5.26 Å². The van der Waals surface area contributed by atoms with Crippen LogP contribution in [0.2, 0.25) is 0 Å². The number of aromatic nitrogens is 2. The molecule has 0 radical (unpaired) electrons. The Balaban J connectivity index is 1.83. The summed E-state index contributed by atoms with van der Waals surface area (Å²) in [6.07, 6.45) is 0.689. The van der Waals surface area contributed by atoms with Crippen molar-refractivity contribution in [3.63, 3.8) is 0 Å². The van der Waals surface area contributed by atoms with E-state index in [1.54, 1.807) is 20.1 Å². The first-order valence-electron chi connectivity index (χ1n) is 6.30. The second-order valence-corrected chi connectivity index (χ2v) is 4.31. The van der Waals surface area contributed by atoms with E-state index in [0.717, 1.165) is 12.1 Å². The summed E-state index contributed by atoms with van der Waals surface area (Å²) < 4.78 is 10.2. The van der Waals surface area contributed by atoms with Crippen LogP contribution in [0.5, 0.6) is 5.75 Å². The Morgan fingerprint density at radius 1 is 1.45 bits per heavy atom. The highest BCUT2D eigenvalue weighted by atomic mass is 16.5. The van der Waals surface area contributed by atoms with Crippen LogP contribution in [-0.4, -0.2) is 23.8 Å². The quantitative estimate of drug-likeness (QED) is 0.804. The number of ether oxygens (including phenoxy) is 1. The third kappa shape index (κ3) is 3.56. The Morgan fingerprint density at radius 2 is 2.30 bits per heavy atom. The highest BCUT2D eigenvalue weighted by Gasteiger charge is 2.04. The third-order valence-electron chi connectivity index (χ3n) is 2.80. The van der Waals surface area contributed by atoms with Crippen LogP contribution in [0.4, 0.5) is 0 Å². The van der Waals surface area contributed by atoms with Gasteiger partial charge in [0, 0.05) is 19.5 Å². The topological polar surface area (TPSA) is 84.0 Å². The second-order valence-electron chi connectivity index (χ2n) is 4.31. The van der Waals surface area contributed by atoms with Gasteiger partial charge in [-0.15, -0.1) is 0 Å². The maximum Gasteiger partial charge on any atom is 0.227 e. The van der Waals surface area contributed by atoms with Gasteiger partial charge in [0.05, 0.1) is 12.7 Å². The molecule has 104 valence electrons. The van der Waals surface area contributed by atoms with E-state index >= 15 is 0 Å². The smallest absolute Gasteiger partial charge is 0.227 e. The van der Waals surface area contributed by atoms with E-state index in [0.29, 0.717) is 36.0 Å². The maximum absolute atomic E-state index is 8.91. The number of methoxy groups -OCH3 is 1. The van der Waals surface area contributed by atoms with Crippen molar-refractivity contribution in [1.82, 2.24) is 15.5 Å². The van der Waals surface area contributed by atoms with Crippen molar-refractivity contribution in [2.75, 3.05) is 13.7 Å². The van der Waals surface area contributed by atoms with Crippen LogP contribution in [0.15, 0.2) is 22.7 Å². The predicted octanol–water partition coefficient (Wildman–Crippen LogP) is 1.59. The number of nitrogens with one attached hydrogen (secondary N) is 1. The Hall–Kier alpha value is -2.39. The van der Waals surface area contributed by atoms with Gasteiger partial charge in [-0.1, -0.05) is 11.2 Å². The van der Waals surface area contributed by atoms with Gasteiger partial charge in [0.2, 0.25) is 5.89 Å². The van der Waals surface area contributed by atoms with Crippen molar-refractivity contribution in [3.05, 3.63) is 41.0 Å². The fourth-order valence-corrected chi connectivity index (χ4v) is 1.81. The molecule has 2 rings (SSSR count). The van der Waals surface area contributed by atoms with Gasteiger partial charge in [0.25, 0.3) is 0 Å². The molecule has 0 aliphatic heterocycles. The fourth-order valence-electron chi connectivity index (χ4n) is 1.81. The van der Waals surface area contributed by atoms with E-state index in [1.165, 1.54) is 0 Å². The monoisotopic (exact) mass is 272 g/mol. The molecule has 20 heavy (non-hydrogen) atoms. The lowest BCUT2D eigenvalue weighted by Gasteiger charge is -2.07. The normalized spacial score (nSPS) is 10.2. The average molecular weight is 272 g/mol. The molecule has 6 nitrogen and oxygen atoms in total. The van der Waals surface area contributed by atoms with Crippen LogP contribution in [0, 0.1) is 18.3 Å². The van der Waals surface area contributed by atoms with Crippen molar-refractivity contribution in [3.8, 4) is 11.8 Å². The summed E-state index contributed by atoms with van der Waals surface area (Å²) in [5, 5.41) is 15.9. The number of hydrogen-bond donors (Lipinski definition) is 1. The van der Waals surface area contributed by atoms with Gasteiger partial charge in [-0.25, -0.2) is 0 Å². The van der Waals surface area contributed by atoms with E-state index in [1.807, 2.05) is 12.1 Å². The molecule has 1 aromatic heterocycles. The molecular weight excluding hydrogens is 256 g/mol. The van der Waals surface area contributed by atoms with E-state index < -0.39 is 0 Å². The van der Waals surface area contributed by atoms with Crippen LogP contribution < -0.4 is 10.1 Å². The van der Waals surface area contributed by atoms with Gasteiger partial charge < -0.3 is 14.6 Å². The number of rotatable bonds is 6. The predicted molar refractivity (Wildman–Crippen MR) is 72.2 cm³/mol. The third-order valence-corrected chi connectivity index (χ3v) is 2.80. The number of benzene rings is 1. The molecular formula is C14H16N4O2. The Kier molecular flexibility index (Phi) is 4.69. The van der Waals surface area contributed by atoms with E-state index in [-0.39, 0.29) is 0 Å². The molecule has 1 N–H and O–H groups in total. The number of aryl methyl sites for hydroxylation is 1. The summed E-state index contributed by atoms with van der Waals surface area (Å²) in [5.74, 6) is 1.88. The Bertz CT molecular complexity index is 616. The van der Waals surface area contributed by atoms with Gasteiger partial charge in [-0.05, 0) is 24.6 Å². The van der Waals surface area contributed by atoms with E-state index in [9.17, 15) is 0 Å². The minimum absolute atomic E-state index is 0.539. The highest BCUT2D eigenvalue weighted by molar-refractivity contribution is 5.45. The van der Waals surface area contributed by atoms with Crippen molar-refractivity contribution >= 4 is 0 Å². The molecule has 0 saturated heterocycles. The lowest BCUT2D eigenvalue weighted by Crippen LogP contribution is -2.16. The molecule has 0 fully saturated rings. The van der Waals surface area contributed by atoms with Gasteiger partial charge in [0.15, 0.2) is 5.82 Å². The summed E-state index contributed by atoms with van der Waals surface area (Å²) in [6, 6.07) is 7.62. The summed E-state index contributed by atoms with van der Waals surface area (Å²) in [7, 11) is 1.56. The fraction of sp³-hybridized carbons (Fsp3) is 0.357. The lowest BCUT2D eigenvalue weighted by atomic mass is 10.1. The molecule has 0 spiro atoms. The summed E-state index contributed by atoms with van der Waals surface area (Å²) >= 11 is 0. The Morgan fingerprint density at radius 3 is 2.95 bits per heavy atom. The van der Waals surface area contributed by atoms with Crippen molar-refractivity contribution in [2.45, 2.75) is 19.9 Å². The molecule has 0 bridgehead atoms. The molecule has 0 aliphatic rings. The molecule has 2 aromatic rings. The first-order chi connectivity index (χ1) is 9.72. The number of hydrogen-bond acceptors (Lipinski definition) is 6. The molecule has 0 saturated carbocycles. The first-order valence-corrected chi connectivity index (χ1v) is 6.30. The molecule has 1 heterocycles. The van der Waals surface area contributed by atoms with Crippen LogP contribution in [0.1, 0.15) is 22.8 Å². The van der Waals surface area contributed by atoms with Crippen molar-refractivity contribution in [2.24, 2.45) is 0 Å². The van der Waals surface area contributed by atoms with E-state index in [2.05, 4.69) is 21.5 Å². The summed E-state index contributed by atoms with van der Waals surface area (Å²) in [5.41, 5.74) is 1.60. The maximum atomic E-state index is 8.91. The molecule has 1 aromatic carbocycles. The van der Waals surface area contributed by atoms with Gasteiger partial charge in [-0.2, -0.15) is 10.2 Å². The molecule has 0 aliphatic carbocycles. The number of nitrogens with zero attached hydrogens (tertiary/aromatic N) is 3. The largest absolute Gasteiger partial charge is 0.495 e. The molecule has 0 atom stereocenters. The second kappa shape index (κ2) is 6.68. The Labute approximate surface area is 117 Å². The minimum Gasteiger partial charge on any atom is -0.495 e. The SMILES string of the molecule is COc1cc(CNCCc2nc(C)no2)ccc1C#N. The molecule has 0 amide bonds. The van der Waals surface area contributed by atoms with Gasteiger partial charge >= 0.3 is 0 Å². The zero-order valence-corrected chi connectivity index (χ0v) is 11.5. The standard InChI is InChI=1S/C14H16N4O2/c1-10-17-14(20-18-10)5-6-16-9-11-3-4-12(8-15)13(7-11)19-2/h3-4,7,16H,5-6,9H2,1-2H3. The van der Waals surface area contributed by atoms with Gasteiger partial charge in [0.1, 0.15) is 11.8 Å². The zero-order valence-electron chi connectivity index (χ0n) is 11.5. The first kappa shape index (κ1) is 14.0.